The van der Waals surface area contributed by atoms with Crippen molar-refractivity contribution in [3.63, 3.8) is 0 Å². The predicted molar refractivity (Wildman–Crippen MR) is 116 cm³/mol. The number of ether oxygens (including phenoxy) is 1. The van der Waals surface area contributed by atoms with Crippen LogP contribution >= 0.6 is 23.2 Å². The van der Waals surface area contributed by atoms with Gasteiger partial charge in [-0.3, -0.25) is 4.99 Å². The van der Waals surface area contributed by atoms with Crippen LogP contribution in [0.1, 0.15) is 0 Å². The summed E-state index contributed by atoms with van der Waals surface area (Å²) in [4.78, 5) is 13.5. The van der Waals surface area contributed by atoms with Crippen molar-refractivity contribution in [2.75, 3.05) is 25.5 Å². The van der Waals surface area contributed by atoms with Gasteiger partial charge in [-0.2, -0.15) is 0 Å². The predicted octanol–water partition coefficient (Wildman–Crippen LogP) is 4.53. The number of hydrogen-bond acceptors (Lipinski definition) is 5. The van der Waals surface area contributed by atoms with Gasteiger partial charge in [-0.05, 0) is 30.3 Å². The van der Waals surface area contributed by atoms with Crippen LogP contribution in [0.2, 0.25) is 10.0 Å². The number of halogens is 2. The van der Waals surface area contributed by atoms with Crippen molar-refractivity contribution >= 4 is 45.8 Å². The van der Waals surface area contributed by atoms with Gasteiger partial charge in [-0.25, -0.2) is 9.97 Å². The van der Waals surface area contributed by atoms with Crippen molar-refractivity contribution < 1.29 is 4.74 Å². The van der Waals surface area contributed by atoms with Crippen LogP contribution in [0, 0.1) is 0 Å². The number of methoxy groups -OCH3 is 1. The minimum Gasteiger partial charge on any atom is -0.504 e. The lowest BCUT2D eigenvalue weighted by Gasteiger charge is -2.11. The number of fused-ring (bicyclic) bond motifs is 1. The van der Waals surface area contributed by atoms with Crippen LogP contribution in [0.25, 0.3) is 22.3 Å². The number of anilines is 1. The third kappa shape index (κ3) is 4.91. The molecule has 144 valence electrons. The second-order valence-corrected chi connectivity index (χ2v) is 6.65. The zero-order valence-electron chi connectivity index (χ0n) is 15.2. The smallest absolute Gasteiger partial charge is 0.163 e. The number of benzene rings is 2. The Labute approximate surface area is 173 Å². The molecule has 8 heteroatoms. The maximum Gasteiger partial charge on any atom is 0.163 e. The van der Waals surface area contributed by atoms with E-state index >= 15 is 0 Å². The van der Waals surface area contributed by atoms with Crippen molar-refractivity contribution in [2.45, 2.75) is 0 Å². The monoisotopic (exact) mass is 415 g/mol. The molecule has 0 amide bonds. The number of nitrogens with zero attached hydrogens (tertiary/aromatic N) is 3. The molecule has 0 aliphatic rings. The highest BCUT2D eigenvalue weighted by Crippen LogP contribution is 2.31. The lowest BCUT2D eigenvalue weighted by Crippen LogP contribution is -2.13. The average Bonchev–Trinajstić information content (AvgIpc) is 2.69. The Bertz CT molecular complexity index is 1040. The molecule has 0 unspecified atom stereocenters. The number of nitrogens with one attached hydrogen (secondary N) is 1. The minimum absolute atomic E-state index is 0.393. The van der Waals surface area contributed by atoms with Gasteiger partial charge in [0.2, 0.25) is 0 Å². The van der Waals surface area contributed by atoms with Crippen molar-refractivity contribution in [1.82, 2.24) is 9.97 Å². The Balaban J connectivity index is 1.88. The van der Waals surface area contributed by atoms with Gasteiger partial charge < -0.3 is 15.8 Å². The van der Waals surface area contributed by atoms with Gasteiger partial charge in [-0.15, -0.1) is 0 Å². The Morgan fingerprint density at radius 3 is 2.82 bits per heavy atom. The third-order valence-corrected chi connectivity index (χ3v) is 4.40. The SMILES string of the molecule is CO/C=C\C(N)=NCCNc1nc(-c2ccc(Cl)cc2Cl)nc2ccccc12. The molecule has 0 bridgehead atoms. The summed E-state index contributed by atoms with van der Waals surface area (Å²) in [6.45, 7) is 1.03. The van der Waals surface area contributed by atoms with Crippen molar-refractivity contribution in [3.8, 4) is 11.4 Å². The number of hydrogen-bond donors (Lipinski definition) is 2. The second-order valence-electron chi connectivity index (χ2n) is 5.81. The first-order valence-corrected chi connectivity index (χ1v) is 9.29. The summed E-state index contributed by atoms with van der Waals surface area (Å²) in [6.07, 6.45) is 3.08. The molecule has 0 saturated heterocycles. The molecule has 6 nitrogen and oxygen atoms in total. The van der Waals surface area contributed by atoms with Crippen LogP contribution in [-0.4, -0.2) is 36.0 Å². The summed E-state index contributed by atoms with van der Waals surface area (Å²) in [6, 6.07) is 13.0. The van der Waals surface area contributed by atoms with Crippen LogP contribution in [0.4, 0.5) is 5.82 Å². The molecule has 0 atom stereocenters. The number of amidine groups is 1. The molecule has 3 N–H and O–H groups in total. The Morgan fingerprint density at radius 2 is 2.04 bits per heavy atom. The van der Waals surface area contributed by atoms with Gasteiger partial charge in [0.15, 0.2) is 5.82 Å². The molecule has 0 fully saturated rings. The van der Waals surface area contributed by atoms with Crippen LogP contribution in [0.3, 0.4) is 0 Å². The van der Waals surface area contributed by atoms with E-state index in [1.165, 1.54) is 6.26 Å². The van der Waals surface area contributed by atoms with Crippen molar-refractivity contribution in [2.24, 2.45) is 10.7 Å². The van der Waals surface area contributed by atoms with Crippen LogP contribution in [0.15, 0.2) is 59.8 Å². The Morgan fingerprint density at radius 1 is 1.21 bits per heavy atom. The number of rotatable bonds is 7. The number of para-hydroxylation sites is 1. The highest BCUT2D eigenvalue weighted by Gasteiger charge is 2.12. The zero-order valence-corrected chi connectivity index (χ0v) is 16.7. The van der Waals surface area contributed by atoms with Gasteiger partial charge in [-0.1, -0.05) is 35.3 Å². The summed E-state index contributed by atoms with van der Waals surface area (Å²) in [5, 5.41) is 5.27. The van der Waals surface area contributed by atoms with E-state index in [-0.39, 0.29) is 0 Å². The zero-order chi connectivity index (χ0) is 19.9. The molecule has 1 heterocycles. The summed E-state index contributed by atoms with van der Waals surface area (Å²) in [5.41, 5.74) is 7.29. The Hall–Kier alpha value is -2.83. The van der Waals surface area contributed by atoms with Gasteiger partial charge in [0.05, 0.1) is 30.5 Å². The quantitative estimate of drug-likeness (QED) is 0.256. The molecule has 0 saturated carbocycles. The largest absolute Gasteiger partial charge is 0.504 e. The van der Waals surface area contributed by atoms with E-state index in [4.69, 9.17) is 33.7 Å². The molecular weight excluding hydrogens is 397 g/mol. The summed E-state index contributed by atoms with van der Waals surface area (Å²) >= 11 is 12.3. The van der Waals surface area contributed by atoms with Gasteiger partial charge in [0, 0.05) is 28.6 Å². The number of aliphatic imine (C=N–C) groups is 1. The molecule has 1 aromatic heterocycles. The van der Waals surface area contributed by atoms with Gasteiger partial charge in [0.25, 0.3) is 0 Å². The average molecular weight is 416 g/mol. The Kier molecular flexibility index (Phi) is 6.68. The first-order valence-electron chi connectivity index (χ1n) is 8.54. The van der Waals surface area contributed by atoms with Crippen LogP contribution < -0.4 is 11.1 Å². The van der Waals surface area contributed by atoms with Gasteiger partial charge >= 0.3 is 0 Å². The molecule has 3 rings (SSSR count). The molecular formula is C20H19Cl2N5O. The highest BCUT2D eigenvalue weighted by atomic mass is 35.5. The van der Waals surface area contributed by atoms with E-state index in [0.29, 0.717) is 46.2 Å². The van der Waals surface area contributed by atoms with E-state index in [1.54, 1.807) is 25.3 Å². The van der Waals surface area contributed by atoms with E-state index in [9.17, 15) is 0 Å². The fourth-order valence-electron chi connectivity index (χ4n) is 2.55. The second kappa shape index (κ2) is 9.39. The molecule has 3 aromatic rings. The molecule has 0 radical (unpaired) electrons. The summed E-state index contributed by atoms with van der Waals surface area (Å²) in [7, 11) is 1.55. The first-order chi connectivity index (χ1) is 13.6. The molecule has 0 aliphatic carbocycles. The molecule has 0 aliphatic heterocycles. The lowest BCUT2D eigenvalue weighted by atomic mass is 10.2. The van der Waals surface area contributed by atoms with Crippen LogP contribution in [-0.2, 0) is 4.74 Å². The minimum atomic E-state index is 0.393. The fraction of sp³-hybridized carbons (Fsp3) is 0.150. The highest BCUT2D eigenvalue weighted by molar-refractivity contribution is 6.36. The molecule has 2 aromatic carbocycles. The van der Waals surface area contributed by atoms with E-state index in [0.717, 1.165) is 10.9 Å². The van der Waals surface area contributed by atoms with E-state index in [1.807, 2.05) is 30.3 Å². The van der Waals surface area contributed by atoms with Crippen molar-refractivity contribution in [3.05, 3.63) is 64.8 Å². The number of aromatic nitrogens is 2. The normalized spacial score (nSPS) is 11.9. The third-order valence-electron chi connectivity index (χ3n) is 3.85. The van der Waals surface area contributed by atoms with Crippen molar-refractivity contribution in [1.29, 1.82) is 0 Å². The standard InChI is InChI=1S/C20H19Cl2N5O/c1-28-11-8-18(23)24-9-10-25-19-15-4-2-3-5-17(15)26-20(27-19)14-7-6-13(21)12-16(14)22/h2-8,11-12H,9-10H2,1H3,(H2,23,24)(H,25,26,27)/b11-8-. The maximum atomic E-state index is 6.34. The lowest BCUT2D eigenvalue weighted by molar-refractivity contribution is 0.338. The molecule has 0 spiro atoms. The van der Waals surface area contributed by atoms with Crippen LogP contribution in [0.5, 0.6) is 0 Å². The molecule has 28 heavy (non-hydrogen) atoms. The van der Waals surface area contributed by atoms with E-state index in [2.05, 4.69) is 20.3 Å². The summed E-state index contributed by atoms with van der Waals surface area (Å²) in [5.74, 6) is 1.62. The topological polar surface area (TPSA) is 85.4 Å². The number of nitrogens with two attached hydrogens (primary N) is 1. The maximum absolute atomic E-state index is 6.34. The van der Waals surface area contributed by atoms with Gasteiger partial charge in [0.1, 0.15) is 11.7 Å². The van der Waals surface area contributed by atoms with E-state index < -0.39 is 0 Å². The first kappa shape index (κ1) is 19.9. The fourth-order valence-corrected chi connectivity index (χ4v) is 3.05. The summed E-state index contributed by atoms with van der Waals surface area (Å²) < 4.78 is 4.82.